The summed E-state index contributed by atoms with van der Waals surface area (Å²) in [4.78, 5) is 15.6. The highest BCUT2D eigenvalue weighted by Gasteiger charge is 2.12. The average Bonchev–Trinajstić information content (AvgIpc) is 2.71. The Hall–Kier alpha value is -1.97. The van der Waals surface area contributed by atoms with Gasteiger partial charge in [0.1, 0.15) is 6.10 Å². The minimum Gasteiger partial charge on any atom is -0.460 e. The Labute approximate surface area is 100 Å². The highest BCUT2D eigenvalue weighted by Crippen LogP contribution is 2.28. The number of nitrogens with one attached hydrogen (secondary N) is 1. The zero-order valence-electron chi connectivity index (χ0n) is 10.2. The van der Waals surface area contributed by atoms with Crippen LogP contribution in [0.1, 0.15) is 18.6 Å². The van der Waals surface area contributed by atoms with Crippen molar-refractivity contribution in [3.63, 3.8) is 0 Å². The summed E-state index contributed by atoms with van der Waals surface area (Å²) in [6, 6.07) is 6.17. The number of rotatable bonds is 4. The molecule has 1 aromatic heterocycles. The van der Waals surface area contributed by atoms with Crippen molar-refractivity contribution in [2.75, 3.05) is 19.0 Å². The highest BCUT2D eigenvalue weighted by atomic mass is 16.5. The van der Waals surface area contributed by atoms with Gasteiger partial charge in [-0.15, -0.1) is 0 Å². The third-order valence-corrected chi connectivity index (χ3v) is 2.91. The van der Waals surface area contributed by atoms with Crippen molar-refractivity contribution in [3.8, 4) is 0 Å². The quantitative estimate of drug-likeness (QED) is 0.824. The summed E-state index contributed by atoms with van der Waals surface area (Å²) < 4.78 is 4.96. The first-order chi connectivity index (χ1) is 8.13. The number of H-pyrrole nitrogens is 1. The van der Waals surface area contributed by atoms with E-state index in [-0.39, 0.29) is 6.10 Å². The summed E-state index contributed by atoms with van der Waals surface area (Å²) in [5, 5.41) is 1.09. The van der Waals surface area contributed by atoms with Crippen molar-refractivity contribution in [2.45, 2.75) is 13.0 Å². The molecule has 2 aromatic rings. The Kier molecular flexibility index (Phi) is 3.04. The molecule has 4 nitrogen and oxygen atoms in total. The maximum atomic E-state index is 10.4. The molecule has 4 heteroatoms. The van der Waals surface area contributed by atoms with E-state index in [4.69, 9.17) is 4.74 Å². The van der Waals surface area contributed by atoms with Gasteiger partial charge in [0.15, 0.2) is 0 Å². The summed E-state index contributed by atoms with van der Waals surface area (Å²) in [6.07, 6.45) is 1.66. The number of benzene rings is 1. The van der Waals surface area contributed by atoms with E-state index in [2.05, 4.69) is 11.1 Å². The van der Waals surface area contributed by atoms with Gasteiger partial charge in [-0.25, -0.2) is 0 Å². The molecule has 0 aliphatic heterocycles. The van der Waals surface area contributed by atoms with Gasteiger partial charge in [0.25, 0.3) is 6.47 Å². The topological polar surface area (TPSA) is 45.3 Å². The molecule has 0 spiro atoms. The lowest BCUT2D eigenvalue weighted by molar-refractivity contribution is -0.133. The van der Waals surface area contributed by atoms with Crippen molar-refractivity contribution >= 4 is 23.1 Å². The largest absolute Gasteiger partial charge is 0.460 e. The summed E-state index contributed by atoms with van der Waals surface area (Å²) in [7, 11) is 4.01. The van der Waals surface area contributed by atoms with Crippen molar-refractivity contribution in [2.24, 2.45) is 0 Å². The molecule has 0 bridgehead atoms. The van der Waals surface area contributed by atoms with Crippen LogP contribution in [0.15, 0.2) is 24.4 Å². The van der Waals surface area contributed by atoms with Gasteiger partial charge >= 0.3 is 0 Å². The Morgan fingerprint density at radius 1 is 1.41 bits per heavy atom. The zero-order chi connectivity index (χ0) is 12.4. The lowest BCUT2D eigenvalue weighted by atomic mass is 10.1. The molecule has 0 aliphatic carbocycles. The molecule has 1 unspecified atom stereocenters. The van der Waals surface area contributed by atoms with Crippen molar-refractivity contribution in [3.05, 3.63) is 30.0 Å². The van der Waals surface area contributed by atoms with E-state index in [1.165, 1.54) is 0 Å². The minimum atomic E-state index is -0.230. The van der Waals surface area contributed by atoms with E-state index < -0.39 is 0 Å². The van der Waals surface area contributed by atoms with Crippen LogP contribution in [0.4, 0.5) is 5.69 Å². The monoisotopic (exact) mass is 232 g/mol. The number of aromatic amines is 1. The minimum absolute atomic E-state index is 0.230. The van der Waals surface area contributed by atoms with Crippen molar-refractivity contribution in [1.29, 1.82) is 0 Å². The molecule has 0 saturated heterocycles. The Morgan fingerprint density at radius 2 is 2.18 bits per heavy atom. The van der Waals surface area contributed by atoms with Gasteiger partial charge in [0, 0.05) is 42.4 Å². The van der Waals surface area contributed by atoms with Gasteiger partial charge in [-0.05, 0) is 19.1 Å². The predicted molar refractivity (Wildman–Crippen MR) is 68.2 cm³/mol. The van der Waals surface area contributed by atoms with Gasteiger partial charge in [-0.2, -0.15) is 0 Å². The molecule has 17 heavy (non-hydrogen) atoms. The average molecular weight is 232 g/mol. The first-order valence-corrected chi connectivity index (χ1v) is 5.51. The molecule has 0 radical (unpaired) electrons. The number of nitrogens with zero attached hydrogens (tertiary/aromatic N) is 1. The number of fused-ring (bicyclic) bond motifs is 1. The fourth-order valence-electron chi connectivity index (χ4n) is 1.91. The maximum absolute atomic E-state index is 10.4. The summed E-state index contributed by atoms with van der Waals surface area (Å²) in [5.74, 6) is 0. The van der Waals surface area contributed by atoms with Crippen molar-refractivity contribution < 1.29 is 9.53 Å². The first-order valence-electron chi connectivity index (χ1n) is 5.51. The molecule has 1 atom stereocenters. The normalized spacial score (nSPS) is 12.4. The van der Waals surface area contributed by atoms with Gasteiger partial charge in [-0.1, -0.05) is 6.07 Å². The molecule has 2 rings (SSSR count). The third-order valence-electron chi connectivity index (χ3n) is 2.91. The van der Waals surface area contributed by atoms with Crippen LogP contribution >= 0.6 is 0 Å². The highest BCUT2D eigenvalue weighted by molar-refractivity contribution is 5.86. The van der Waals surface area contributed by atoms with Crippen LogP contribution in [0, 0.1) is 0 Å². The van der Waals surface area contributed by atoms with Crippen LogP contribution < -0.4 is 4.90 Å². The summed E-state index contributed by atoms with van der Waals surface area (Å²) in [6.45, 7) is 2.34. The van der Waals surface area contributed by atoms with E-state index in [0.29, 0.717) is 6.47 Å². The fraction of sp³-hybridized carbons (Fsp3) is 0.308. The Morgan fingerprint density at radius 3 is 2.82 bits per heavy atom. The second-order valence-electron chi connectivity index (χ2n) is 4.24. The first kappa shape index (κ1) is 11.5. The van der Waals surface area contributed by atoms with Crippen LogP contribution in [0.2, 0.25) is 0 Å². The molecule has 90 valence electrons. The standard InChI is InChI=1S/C13H16N2O2/c1-9(17-8-16)12-7-14-13-6-10(15(2)3)4-5-11(12)13/h4-9,14H,1-3H3. The maximum Gasteiger partial charge on any atom is 0.293 e. The molecule has 0 fully saturated rings. The molecular formula is C13H16N2O2. The van der Waals surface area contributed by atoms with E-state index in [0.717, 1.165) is 22.2 Å². The zero-order valence-corrected chi connectivity index (χ0v) is 10.2. The SMILES string of the molecule is CC(OC=O)c1c[nH]c2cc(N(C)C)ccc12. The van der Waals surface area contributed by atoms with E-state index in [1.807, 2.05) is 44.2 Å². The summed E-state index contributed by atoms with van der Waals surface area (Å²) >= 11 is 0. The molecule has 1 N–H and O–H groups in total. The molecule has 0 aliphatic rings. The predicted octanol–water partition coefficient (Wildman–Crippen LogP) is 2.47. The summed E-state index contributed by atoms with van der Waals surface area (Å²) in [5.41, 5.74) is 3.18. The van der Waals surface area contributed by atoms with Gasteiger partial charge in [0.2, 0.25) is 0 Å². The Bertz CT molecular complexity index is 531. The van der Waals surface area contributed by atoms with Crippen LogP contribution in [-0.4, -0.2) is 25.6 Å². The van der Waals surface area contributed by atoms with Crippen LogP contribution in [-0.2, 0) is 9.53 Å². The van der Waals surface area contributed by atoms with E-state index in [9.17, 15) is 4.79 Å². The lowest BCUT2D eigenvalue weighted by Gasteiger charge is -2.12. The third kappa shape index (κ3) is 2.11. The van der Waals surface area contributed by atoms with Gasteiger partial charge in [-0.3, -0.25) is 4.79 Å². The second-order valence-corrected chi connectivity index (χ2v) is 4.24. The number of carbonyl (C=O) groups is 1. The van der Waals surface area contributed by atoms with Crippen LogP contribution in [0.5, 0.6) is 0 Å². The number of aromatic nitrogens is 1. The molecular weight excluding hydrogens is 216 g/mol. The van der Waals surface area contributed by atoms with Crippen molar-refractivity contribution in [1.82, 2.24) is 4.98 Å². The molecule has 0 saturated carbocycles. The van der Waals surface area contributed by atoms with Gasteiger partial charge in [0.05, 0.1) is 0 Å². The number of hydrogen-bond acceptors (Lipinski definition) is 3. The molecule has 0 amide bonds. The smallest absolute Gasteiger partial charge is 0.293 e. The molecule has 1 aromatic carbocycles. The van der Waals surface area contributed by atoms with Gasteiger partial charge < -0.3 is 14.6 Å². The lowest BCUT2D eigenvalue weighted by Crippen LogP contribution is -2.08. The number of hydrogen-bond donors (Lipinski definition) is 1. The number of anilines is 1. The van der Waals surface area contributed by atoms with E-state index in [1.54, 1.807) is 0 Å². The van der Waals surface area contributed by atoms with Crippen LogP contribution in [0.25, 0.3) is 10.9 Å². The second kappa shape index (κ2) is 4.49. The van der Waals surface area contributed by atoms with Crippen LogP contribution in [0.3, 0.4) is 0 Å². The Balaban J connectivity index is 2.44. The number of ether oxygens (including phenoxy) is 1. The van der Waals surface area contributed by atoms with E-state index >= 15 is 0 Å². The fourth-order valence-corrected chi connectivity index (χ4v) is 1.91. The number of carbonyl (C=O) groups excluding carboxylic acids is 1. The molecule has 1 heterocycles.